The van der Waals surface area contributed by atoms with Gasteiger partial charge in [-0.25, -0.2) is 22.8 Å². The molecule has 59 heavy (non-hydrogen) atoms. The van der Waals surface area contributed by atoms with Crippen LogP contribution in [0.2, 0.25) is 5.02 Å². The fourth-order valence-electron chi connectivity index (χ4n) is 7.04. The maximum atomic E-state index is 16.0. The highest BCUT2D eigenvalue weighted by Gasteiger charge is 2.26. The fourth-order valence-corrected chi connectivity index (χ4v) is 9.21. The first kappa shape index (κ1) is 41.8. The van der Waals surface area contributed by atoms with E-state index in [0.29, 0.717) is 36.0 Å². The van der Waals surface area contributed by atoms with E-state index in [0.717, 1.165) is 54.6 Å². The number of piperazine rings is 1. The van der Waals surface area contributed by atoms with Crippen LogP contribution in [-0.2, 0) is 16.6 Å². The Morgan fingerprint density at radius 1 is 0.932 bits per heavy atom. The molecule has 306 valence electrons. The van der Waals surface area contributed by atoms with Crippen LogP contribution in [0.3, 0.4) is 0 Å². The molecule has 2 N–H and O–H groups in total. The molecular weight excluding hydrogens is 811 g/mol. The summed E-state index contributed by atoms with van der Waals surface area (Å²) in [4.78, 5) is 27.2. The Balaban J connectivity index is 1.04. The lowest BCUT2D eigenvalue weighted by molar-refractivity contribution is -0.384. The van der Waals surface area contributed by atoms with Crippen molar-refractivity contribution in [2.75, 3.05) is 67.5 Å². The molecule has 1 aliphatic heterocycles. The van der Waals surface area contributed by atoms with Gasteiger partial charge >= 0.3 is 0 Å². The topological polar surface area (TPSA) is 137 Å². The second-order valence-electron chi connectivity index (χ2n) is 14.6. The molecule has 1 saturated heterocycles. The van der Waals surface area contributed by atoms with Gasteiger partial charge in [0.2, 0.25) is 0 Å². The van der Waals surface area contributed by atoms with E-state index in [-0.39, 0.29) is 33.3 Å². The van der Waals surface area contributed by atoms with E-state index in [4.69, 9.17) is 11.6 Å². The number of hydrogen-bond acceptors (Lipinski definition) is 11. The number of nitrogens with one attached hydrogen (secondary N) is 2. The number of anilines is 3. The molecule has 12 nitrogen and oxygen atoms in total. The van der Waals surface area contributed by atoms with Crippen molar-refractivity contribution in [3.05, 3.63) is 142 Å². The van der Waals surface area contributed by atoms with Gasteiger partial charge in [-0.05, 0) is 92.3 Å². The number of nitro groups is 1. The van der Waals surface area contributed by atoms with Crippen LogP contribution in [0.4, 0.5) is 27.3 Å². The van der Waals surface area contributed by atoms with E-state index in [9.17, 15) is 18.5 Å². The molecule has 0 aliphatic carbocycles. The second kappa shape index (κ2) is 18.7. The Morgan fingerprint density at radius 2 is 1.66 bits per heavy atom. The van der Waals surface area contributed by atoms with Crippen LogP contribution in [0, 0.1) is 15.9 Å². The molecule has 16 heteroatoms. The summed E-state index contributed by atoms with van der Waals surface area (Å²) in [6.07, 6.45) is 1.85. The third-order valence-corrected chi connectivity index (χ3v) is 12.9. The minimum atomic E-state index is -4.45. The van der Waals surface area contributed by atoms with Gasteiger partial charge in [-0.15, -0.1) is 11.8 Å². The molecular formula is C43H44ClFN8O4S2. The minimum Gasteiger partial charge on any atom is -0.376 e. The first-order chi connectivity index (χ1) is 28.4. The van der Waals surface area contributed by atoms with Gasteiger partial charge < -0.3 is 15.1 Å². The van der Waals surface area contributed by atoms with Crippen molar-refractivity contribution in [2.24, 2.45) is 0 Å². The van der Waals surface area contributed by atoms with Crippen LogP contribution in [0.25, 0.3) is 22.0 Å². The van der Waals surface area contributed by atoms with E-state index in [1.807, 2.05) is 85.7 Å². The lowest BCUT2D eigenvalue weighted by atomic mass is 9.99. The van der Waals surface area contributed by atoms with Gasteiger partial charge in [-0.2, -0.15) is 0 Å². The van der Waals surface area contributed by atoms with Crippen molar-refractivity contribution in [1.82, 2.24) is 19.8 Å². The number of sulfonamides is 1. The van der Waals surface area contributed by atoms with E-state index >= 15 is 4.39 Å². The molecule has 1 aromatic heterocycles. The zero-order valence-corrected chi connectivity index (χ0v) is 35.0. The van der Waals surface area contributed by atoms with Crippen LogP contribution in [0.15, 0.2) is 125 Å². The number of thioether (sulfide) groups is 1. The number of benzene rings is 5. The second-order valence-corrected chi connectivity index (χ2v) is 17.8. The van der Waals surface area contributed by atoms with Crippen LogP contribution < -0.4 is 14.9 Å². The van der Waals surface area contributed by atoms with Crippen LogP contribution in [0.1, 0.15) is 12.0 Å². The smallest absolute Gasteiger partial charge is 0.293 e. The summed E-state index contributed by atoms with van der Waals surface area (Å²) < 4.78 is 45.8. The van der Waals surface area contributed by atoms with Gasteiger partial charge in [0.05, 0.1) is 20.7 Å². The summed E-state index contributed by atoms with van der Waals surface area (Å²) in [6.45, 7) is 4.26. The van der Waals surface area contributed by atoms with Gasteiger partial charge in [-0.3, -0.25) is 19.7 Å². The molecule has 0 saturated carbocycles. The van der Waals surface area contributed by atoms with Gasteiger partial charge in [-0.1, -0.05) is 66.2 Å². The van der Waals surface area contributed by atoms with E-state index < -0.39 is 26.5 Å². The molecule has 0 spiro atoms. The van der Waals surface area contributed by atoms with Crippen molar-refractivity contribution in [2.45, 2.75) is 28.8 Å². The predicted molar refractivity (Wildman–Crippen MR) is 236 cm³/mol. The normalized spacial score (nSPS) is 14.1. The summed E-state index contributed by atoms with van der Waals surface area (Å²) in [6, 6.07) is 32.6. The average molecular weight is 855 g/mol. The van der Waals surface area contributed by atoms with Crippen molar-refractivity contribution < 1.29 is 17.7 Å². The van der Waals surface area contributed by atoms with E-state index in [2.05, 4.69) is 41.9 Å². The molecule has 7 rings (SSSR count). The monoisotopic (exact) mass is 854 g/mol. The Morgan fingerprint density at radius 3 is 2.39 bits per heavy atom. The third kappa shape index (κ3) is 10.5. The highest BCUT2D eigenvalue weighted by Crippen LogP contribution is 2.34. The van der Waals surface area contributed by atoms with Crippen LogP contribution in [0.5, 0.6) is 0 Å². The molecule has 1 fully saturated rings. The van der Waals surface area contributed by atoms with Crippen molar-refractivity contribution in [1.29, 1.82) is 0 Å². The van der Waals surface area contributed by atoms with Crippen LogP contribution in [-0.4, -0.2) is 91.7 Å². The van der Waals surface area contributed by atoms with Gasteiger partial charge in [0, 0.05) is 66.2 Å². The zero-order chi connectivity index (χ0) is 41.5. The predicted octanol–water partition coefficient (Wildman–Crippen LogP) is 8.65. The molecule has 1 aliphatic rings. The lowest BCUT2D eigenvalue weighted by Gasteiger charge is -2.36. The molecule has 0 bridgehead atoms. The van der Waals surface area contributed by atoms with Gasteiger partial charge in [0.1, 0.15) is 17.8 Å². The maximum Gasteiger partial charge on any atom is 0.293 e. The van der Waals surface area contributed by atoms with Crippen molar-refractivity contribution >= 4 is 67.2 Å². The fraction of sp³-hybridized carbons (Fsp3) is 0.256. The Labute approximate surface area is 352 Å². The first-order valence-electron chi connectivity index (χ1n) is 19.1. The van der Waals surface area contributed by atoms with Crippen LogP contribution >= 0.6 is 23.4 Å². The lowest BCUT2D eigenvalue weighted by Crippen LogP contribution is -2.46. The molecule has 5 aromatic carbocycles. The highest BCUT2D eigenvalue weighted by atomic mass is 35.5. The third-order valence-electron chi connectivity index (χ3n) is 10.2. The molecule has 0 unspecified atom stereocenters. The number of rotatable bonds is 16. The molecule has 0 radical (unpaired) electrons. The summed E-state index contributed by atoms with van der Waals surface area (Å²) in [7, 11) is -0.538. The van der Waals surface area contributed by atoms with Gasteiger partial charge in [0.25, 0.3) is 15.7 Å². The zero-order valence-electron chi connectivity index (χ0n) is 32.6. The Bertz CT molecular complexity index is 2530. The summed E-state index contributed by atoms with van der Waals surface area (Å²) in [5, 5.41) is 16.2. The minimum absolute atomic E-state index is 0.107. The number of nitro benzene ring substituents is 1. The Kier molecular flexibility index (Phi) is 13.3. The van der Waals surface area contributed by atoms with Crippen molar-refractivity contribution in [3.8, 4) is 11.1 Å². The van der Waals surface area contributed by atoms with Crippen molar-refractivity contribution in [3.63, 3.8) is 0 Å². The summed E-state index contributed by atoms with van der Waals surface area (Å²) in [5.41, 5.74) is 4.08. The number of fused-ring (bicyclic) bond motifs is 1. The number of hydrogen-bond donors (Lipinski definition) is 2. The number of aromatic nitrogens is 2. The van der Waals surface area contributed by atoms with E-state index in [1.54, 1.807) is 17.8 Å². The quantitative estimate of drug-likeness (QED) is 0.0550. The highest BCUT2D eigenvalue weighted by molar-refractivity contribution is 7.99. The van der Waals surface area contributed by atoms with Gasteiger partial charge in [0.15, 0.2) is 5.82 Å². The molecule has 1 atom stereocenters. The molecule has 2 heterocycles. The average Bonchev–Trinajstić information content (AvgIpc) is 3.22. The molecule has 0 amide bonds. The summed E-state index contributed by atoms with van der Waals surface area (Å²) in [5.74, 6) is -0.339. The number of nitrogens with zero attached hydrogens (tertiary/aromatic N) is 6. The Hall–Kier alpha value is -5.32. The molecule has 6 aromatic rings. The maximum absolute atomic E-state index is 16.0. The standard InChI is InChI=1S/C43H44ClFN8O4S2/c1-50(2)19-18-33(28-58-35-9-4-3-5-10-35)48-39-17-16-36(26-41(39)53(54)55)59(56,57)49-43-42-38(45)24-34(25-40(42)46-29-47-43)52-22-20-51(21-23-52)27-31-8-6-7-11-37(31)30-12-14-32(44)15-13-30/h3-17,24-26,29,33,48H,18-23,27-28H2,1-2H3,(H,46,47,49)/t33-/m1/s1. The number of halogens is 2. The SMILES string of the molecule is CN(C)CC[C@H](CSc1ccccc1)Nc1ccc(S(=O)(=O)Nc2ncnc3cc(N4CCN(Cc5ccccc5-c5ccc(Cl)cc5)CC4)cc(F)c23)cc1[N+](=O)[O-]. The first-order valence-corrected chi connectivity index (χ1v) is 21.9. The largest absolute Gasteiger partial charge is 0.376 e. The summed E-state index contributed by atoms with van der Waals surface area (Å²) >= 11 is 7.75. The van der Waals surface area contributed by atoms with E-state index in [1.165, 1.54) is 23.8 Å².